The van der Waals surface area contributed by atoms with Gasteiger partial charge in [0.05, 0.1) is 17.5 Å². The van der Waals surface area contributed by atoms with Gasteiger partial charge in [0, 0.05) is 18.5 Å². The average Bonchev–Trinajstić information content (AvgIpc) is 2.79. The molecule has 0 radical (unpaired) electrons. The zero-order valence-electron chi connectivity index (χ0n) is 17.7. The van der Waals surface area contributed by atoms with E-state index in [2.05, 4.69) is 15.0 Å². The Morgan fingerprint density at radius 3 is 2.44 bits per heavy atom. The van der Waals surface area contributed by atoms with Gasteiger partial charge in [0.2, 0.25) is 0 Å². The third kappa shape index (κ3) is 5.52. The predicted octanol–water partition coefficient (Wildman–Crippen LogP) is 3.06. The van der Waals surface area contributed by atoms with Crippen molar-refractivity contribution < 1.29 is 22.7 Å². The smallest absolute Gasteiger partial charge is 0.420 e. The molecule has 0 aliphatic rings. The van der Waals surface area contributed by atoms with Crippen molar-refractivity contribution in [3.05, 3.63) is 66.2 Å². The molecule has 0 bridgehead atoms. The molecule has 0 spiro atoms. The number of urea groups is 1. The first kappa shape index (κ1) is 23.0. The molecule has 10 heteroatoms. The van der Waals surface area contributed by atoms with Gasteiger partial charge in [0.25, 0.3) is 10.0 Å². The van der Waals surface area contributed by atoms with E-state index in [0.29, 0.717) is 25.3 Å². The molecular weight excluding hydrogens is 432 g/mol. The van der Waals surface area contributed by atoms with E-state index in [1.807, 2.05) is 43.3 Å². The number of fused-ring (bicyclic) bond motifs is 1. The molecule has 3 rings (SSSR count). The molecule has 2 N–H and O–H groups in total. The van der Waals surface area contributed by atoms with Gasteiger partial charge in [-0.05, 0) is 49.2 Å². The number of nitrogens with zero attached hydrogens (tertiary/aromatic N) is 2. The van der Waals surface area contributed by atoms with E-state index in [0.717, 1.165) is 23.6 Å². The van der Waals surface area contributed by atoms with Gasteiger partial charge in [0.1, 0.15) is 5.82 Å². The summed E-state index contributed by atoms with van der Waals surface area (Å²) < 4.78 is 30.2. The van der Waals surface area contributed by atoms with E-state index < -0.39 is 16.1 Å². The fourth-order valence-corrected chi connectivity index (χ4v) is 3.99. The molecule has 9 nitrogen and oxygen atoms in total. The third-order valence-electron chi connectivity index (χ3n) is 4.75. The number of anilines is 1. The van der Waals surface area contributed by atoms with Crippen LogP contribution in [-0.2, 0) is 21.2 Å². The van der Waals surface area contributed by atoms with Crippen molar-refractivity contribution in [2.45, 2.75) is 18.2 Å². The minimum Gasteiger partial charge on any atom is -0.452 e. The highest BCUT2D eigenvalue weighted by Crippen LogP contribution is 2.18. The lowest BCUT2D eigenvalue weighted by atomic mass is 10.1. The molecule has 0 unspecified atom stereocenters. The lowest BCUT2D eigenvalue weighted by Crippen LogP contribution is -2.41. The zero-order chi connectivity index (χ0) is 23.1. The van der Waals surface area contributed by atoms with Gasteiger partial charge in [-0.1, -0.05) is 30.3 Å². The van der Waals surface area contributed by atoms with Crippen molar-refractivity contribution in [3.8, 4) is 0 Å². The molecule has 0 fully saturated rings. The van der Waals surface area contributed by atoms with Gasteiger partial charge < -0.3 is 10.1 Å². The summed E-state index contributed by atoms with van der Waals surface area (Å²) in [5.74, 6) is 0.566. The van der Waals surface area contributed by atoms with E-state index in [9.17, 15) is 18.0 Å². The van der Waals surface area contributed by atoms with Crippen LogP contribution in [0.5, 0.6) is 0 Å². The fraction of sp³-hybridized carbons (Fsp3) is 0.227. The Morgan fingerprint density at radius 1 is 1.03 bits per heavy atom. The number of carbonyl (C=O) groups excluding carboxylic acids is 2. The Balaban J connectivity index is 1.59. The first-order chi connectivity index (χ1) is 15.3. The molecule has 0 aliphatic heterocycles. The number of pyridine rings is 1. The molecule has 168 valence electrons. The SMILES string of the molecule is CCN(C(=O)NCCc1ccc(S(=O)(=O)NC(=O)OC)cc1)c1ccc2ccccc2n1. The second-order valence-corrected chi connectivity index (χ2v) is 8.51. The highest BCUT2D eigenvalue weighted by molar-refractivity contribution is 7.90. The first-order valence-corrected chi connectivity index (χ1v) is 11.4. The normalized spacial score (nSPS) is 11.1. The predicted molar refractivity (Wildman–Crippen MR) is 121 cm³/mol. The van der Waals surface area contributed by atoms with E-state index >= 15 is 0 Å². The maximum absolute atomic E-state index is 12.7. The van der Waals surface area contributed by atoms with Gasteiger partial charge in [-0.15, -0.1) is 0 Å². The summed E-state index contributed by atoms with van der Waals surface area (Å²) >= 11 is 0. The molecule has 0 atom stereocenters. The Labute approximate surface area is 186 Å². The maximum atomic E-state index is 12.7. The van der Waals surface area contributed by atoms with E-state index in [4.69, 9.17) is 0 Å². The molecule has 3 aromatic rings. The van der Waals surface area contributed by atoms with Crippen molar-refractivity contribution in [1.82, 2.24) is 15.0 Å². The van der Waals surface area contributed by atoms with Crippen LogP contribution in [0.2, 0.25) is 0 Å². The number of ether oxygens (including phenoxy) is 1. The topological polar surface area (TPSA) is 118 Å². The van der Waals surface area contributed by atoms with Crippen molar-refractivity contribution >= 4 is 38.9 Å². The highest BCUT2D eigenvalue weighted by atomic mass is 32.2. The molecule has 1 aromatic heterocycles. The van der Waals surface area contributed by atoms with Gasteiger partial charge >= 0.3 is 12.1 Å². The number of nitrogens with one attached hydrogen (secondary N) is 2. The Bertz CT molecular complexity index is 1210. The van der Waals surface area contributed by atoms with Gasteiger partial charge in [-0.2, -0.15) is 0 Å². The molecule has 2 aromatic carbocycles. The largest absolute Gasteiger partial charge is 0.452 e. The van der Waals surface area contributed by atoms with Crippen LogP contribution in [0, 0.1) is 0 Å². The average molecular weight is 457 g/mol. The van der Waals surface area contributed by atoms with Crippen LogP contribution in [0.15, 0.2) is 65.6 Å². The molecule has 32 heavy (non-hydrogen) atoms. The quantitative estimate of drug-likeness (QED) is 0.564. The van der Waals surface area contributed by atoms with Crippen LogP contribution < -0.4 is 14.9 Å². The fourth-order valence-electron chi connectivity index (χ4n) is 3.07. The second-order valence-electron chi connectivity index (χ2n) is 6.83. The number of hydrogen-bond acceptors (Lipinski definition) is 6. The van der Waals surface area contributed by atoms with Crippen LogP contribution >= 0.6 is 0 Å². The highest BCUT2D eigenvalue weighted by Gasteiger charge is 2.18. The van der Waals surface area contributed by atoms with Crippen LogP contribution in [-0.4, -0.2) is 45.7 Å². The van der Waals surface area contributed by atoms with Crippen molar-refractivity contribution in [3.63, 3.8) is 0 Å². The molecule has 0 aliphatic carbocycles. The Kier molecular flexibility index (Phi) is 7.26. The molecule has 0 saturated heterocycles. The van der Waals surface area contributed by atoms with Crippen molar-refractivity contribution in [2.24, 2.45) is 0 Å². The number of rotatable bonds is 7. The molecule has 0 saturated carbocycles. The minimum atomic E-state index is -3.99. The summed E-state index contributed by atoms with van der Waals surface area (Å²) in [4.78, 5) is 29.9. The number of carbonyl (C=O) groups is 2. The van der Waals surface area contributed by atoms with Crippen molar-refractivity contribution in [2.75, 3.05) is 25.1 Å². The van der Waals surface area contributed by atoms with E-state index in [1.54, 1.807) is 21.8 Å². The van der Waals surface area contributed by atoms with Gasteiger partial charge in [-0.25, -0.2) is 27.7 Å². The number of sulfonamides is 1. The standard InChI is InChI=1S/C22H24N4O5S/c1-3-26(20-13-10-17-6-4-5-7-19(17)24-20)21(27)23-15-14-16-8-11-18(12-9-16)32(29,30)25-22(28)31-2/h4-13H,3,14-15H2,1-2H3,(H,23,27)(H,25,28). The monoisotopic (exact) mass is 456 g/mol. The minimum absolute atomic E-state index is 0.0600. The Hall–Kier alpha value is -3.66. The van der Waals surface area contributed by atoms with Crippen molar-refractivity contribution in [1.29, 1.82) is 0 Å². The number of amides is 3. The number of aromatic nitrogens is 1. The lowest BCUT2D eigenvalue weighted by Gasteiger charge is -2.21. The van der Waals surface area contributed by atoms with Crippen LogP contribution in [0.1, 0.15) is 12.5 Å². The Morgan fingerprint density at radius 2 is 1.75 bits per heavy atom. The zero-order valence-corrected chi connectivity index (χ0v) is 18.6. The summed E-state index contributed by atoms with van der Waals surface area (Å²) in [5.41, 5.74) is 1.64. The number of para-hydroxylation sites is 1. The van der Waals surface area contributed by atoms with Gasteiger partial charge in [0.15, 0.2) is 0 Å². The molecule has 1 heterocycles. The van der Waals surface area contributed by atoms with Crippen LogP contribution in [0.3, 0.4) is 0 Å². The third-order valence-corrected chi connectivity index (χ3v) is 6.08. The summed E-state index contributed by atoms with van der Waals surface area (Å²) in [7, 11) is -2.91. The summed E-state index contributed by atoms with van der Waals surface area (Å²) in [6.45, 7) is 2.68. The molecule has 3 amide bonds. The van der Waals surface area contributed by atoms with Gasteiger partial charge in [-0.3, -0.25) is 4.90 Å². The second kappa shape index (κ2) is 10.1. The lowest BCUT2D eigenvalue weighted by molar-refractivity contribution is 0.177. The number of benzene rings is 2. The summed E-state index contributed by atoms with van der Waals surface area (Å²) in [6, 6.07) is 17.2. The number of methoxy groups -OCH3 is 1. The van der Waals surface area contributed by atoms with Crippen LogP contribution in [0.4, 0.5) is 15.4 Å². The number of hydrogen-bond donors (Lipinski definition) is 2. The summed E-state index contributed by atoms with van der Waals surface area (Å²) in [5, 5.41) is 3.86. The van der Waals surface area contributed by atoms with E-state index in [-0.39, 0.29) is 10.9 Å². The first-order valence-electron chi connectivity index (χ1n) is 9.95. The molecular formula is C22H24N4O5S. The summed E-state index contributed by atoms with van der Waals surface area (Å²) in [6.07, 6.45) is -0.558. The van der Waals surface area contributed by atoms with E-state index in [1.165, 1.54) is 12.1 Å². The maximum Gasteiger partial charge on any atom is 0.420 e. The van der Waals surface area contributed by atoms with Crippen LogP contribution in [0.25, 0.3) is 10.9 Å².